The Morgan fingerprint density at radius 3 is 2.70 bits per heavy atom. The van der Waals surface area contributed by atoms with Crippen LogP contribution in [-0.4, -0.2) is 53.8 Å². The molecule has 188 valence electrons. The average Bonchev–Trinajstić information content (AvgIpc) is 3.38. The number of β-amino-alcohol motifs (C(OH)–C–C–N with tert-alkyl or cyclic N) is 1. The zero-order valence-electron chi connectivity index (χ0n) is 21.2. The average molecular weight is 497 g/mol. The van der Waals surface area contributed by atoms with Crippen molar-refractivity contribution in [2.45, 2.75) is 26.9 Å². The Labute approximate surface area is 214 Å². The van der Waals surface area contributed by atoms with Gasteiger partial charge < -0.3 is 24.6 Å². The van der Waals surface area contributed by atoms with Gasteiger partial charge in [0.05, 0.1) is 29.7 Å². The number of aliphatic hydroxyl groups is 1. The molecule has 0 amide bonds. The molecule has 0 spiro atoms. The minimum atomic E-state index is -0.439. The maximum Gasteiger partial charge on any atom is 0.226 e. The van der Waals surface area contributed by atoms with Gasteiger partial charge in [-0.15, -0.1) is 0 Å². The van der Waals surface area contributed by atoms with Gasteiger partial charge in [-0.05, 0) is 42.8 Å². The Bertz CT molecular complexity index is 1630. The van der Waals surface area contributed by atoms with Gasteiger partial charge in [0.15, 0.2) is 5.82 Å². The van der Waals surface area contributed by atoms with E-state index in [4.69, 9.17) is 9.72 Å². The number of aliphatic hydroxyl groups excluding tert-OH is 1. The number of benzene rings is 2. The van der Waals surface area contributed by atoms with Gasteiger partial charge >= 0.3 is 0 Å². The molecule has 2 aromatic carbocycles. The first kappa shape index (κ1) is 23.1. The minimum Gasteiger partial charge on any atom is -0.457 e. The summed E-state index contributed by atoms with van der Waals surface area (Å²) >= 11 is 0. The third-order valence-electron chi connectivity index (χ3n) is 6.90. The molecule has 1 fully saturated rings. The molecule has 0 aliphatic carbocycles. The Kier molecular flexibility index (Phi) is 5.41. The summed E-state index contributed by atoms with van der Waals surface area (Å²) in [6.07, 6.45) is 4.54. The van der Waals surface area contributed by atoms with Crippen LogP contribution >= 0.6 is 0 Å². The quantitative estimate of drug-likeness (QED) is 0.366. The lowest BCUT2D eigenvalue weighted by atomic mass is 9.90. The van der Waals surface area contributed by atoms with Crippen LogP contribution < -0.4 is 15.0 Å². The number of ether oxygens (including phenoxy) is 1. The van der Waals surface area contributed by atoms with E-state index in [-0.39, 0.29) is 5.41 Å². The van der Waals surface area contributed by atoms with E-state index in [9.17, 15) is 5.11 Å². The van der Waals surface area contributed by atoms with Gasteiger partial charge in [0, 0.05) is 37.3 Å². The number of rotatable bonds is 5. The van der Waals surface area contributed by atoms with E-state index < -0.39 is 6.10 Å². The number of aryl methyl sites for hydroxylation is 2. The molecule has 4 heterocycles. The van der Waals surface area contributed by atoms with Crippen LogP contribution in [0.5, 0.6) is 11.5 Å². The van der Waals surface area contributed by atoms with Crippen molar-refractivity contribution in [2.75, 3.05) is 23.3 Å². The van der Waals surface area contributed by atoms with E-state index in [1.54, 1.807) is 12.5 Å². The summed E-state index contributed by atoms with van der Waals surface area (Å²) in [6.45, 7) is 7.24. The van der Waals surface area contributed by atoms with Crippen molar-refractivity contribution in [1.82, 2.24) is 29.5 Å². The topological polar surface area (TPSA) is 114 Å². The molecule has 1 aliphatic rings. The predicted molar refractivity (Wildman–Crippen MR) is 142 cm³/mol. The predicted octanol–water partition coefficient (Wildman–Crippen LogP) is 4.36. The van der Waals surface area contributed by atoms with Gasteiger partial charge in [0.25, 0.3) is 0 Å². The molecule has 1 aliphatic heterocycles. The number of anilines is 3. The lowest BCUT2D eigenvalue weighted by Gasteiger charge is -2.21. The standard InChI is InChI=1S/C27H28N8O2/c1-16-9-17(5-8-22(16)37-18-6-7-21-19(10-18)31-15-34(21)4)32-25-24-20(29-14-30-25)11-28-26(33-24)35-12-23(36)27(2,3)13-35/h5-11,14-15,23,36H,12-13H2,1-4H3,(H,29,30,32). The van der Waals surface area contributed by atoms with E-state index in [1.807, 2.05) is 73.7 Å². The number of imidazole rings is 1. The molecule has 0 bridgehead atoms. The molecule has 1 atom stereocenters. The van der Waals surface area contributed by atoms with Gasteiger partial charge in [0.2, 0.25) is 5.95 Å². The molecule has 2 N–H and O–H groups in total. The Morgan fingerprint density at radius 1 is 1.05 bits per heavy atom. The first-order valence-corrected chi connectivity index (χ1v) is 12.1. The number of nitrogens with zero attached hydrogens (tertiary/aromatic N) is 7. The fraction of sp³-hybridized carbons (Fsp3) is 0.296. The van der Waals surface area contributed by atoms with Gasteiger partial charge in [-0.25, -0.2) is 24.9 Å². The van der Waals surface area contributed by atoms with Crippen LogP contribution in [0, 0.1) is 12.3 Å². The van der Waals surface area contributed by atoms with E-state index in [0.717, 1.165) is 33.8 Å². The number of hydrogen-bond acceptors (Lipinski definition) is 9. The van der Waals surface area contributed by atoms with Crippen molar-refractivity contribution in [3.63, 3.8) is 0 Å². The molecule has 1 unspecified atom stereocenters. The van der Waals surface area contributed by atoms with Crippen molar-refractivity contribution in [3.8, 4) is 11.5 Å². The Balaban J connectivity index is 1.25. The fourth-order valence-corrected chi connectivity index (χ4v) is 4.64. The lowest BCUT2D eigenvalue weighted by molar-refractivity contribution is 0.0964. The highest BCUT2D eigenvalue weighted by molar-refractivity contribution is 5.87. The van der Waals surface area contributed by atoms with Crippen molar-refractivity contribution in [3.05, 3.63) is 60.8 Å². The van der Waals surface area contributed by atoms with E-state index in [1.165, 1.54) is 6.33 Å². The van der Waals surface area contributed by atoms with Crippen molar-refractivity contribution in [1.29, 1.82) is 0 Å². The van der Waals surface area contributed by atoms with E-state index >= 15 is 0 Å². The number of aromatic nitrogens is 6. The molecule has 0 saturated carbocycles. The minimum absolute atomic E-state index is 0.225. The van der Waals surface area contributed by atoms with Gasteiger partial charge in [-0.3, -0.25) is 0 Å². The van der Waals surface area contributed by atoms with E-state index in [0.29, 0.717) is 35.9 Å². The van der Waals surface area contributed by atoms with Gasteiger partial charge in [-0.1, -0.05) is 13.8 Å². The highest BCUT2D eigenvalue weighted by atomic mass is 16.5. The summed E-state index contributed by atoms with van der Waals surface area (Å²) in [5, 5.41) is 13.8. The van der Waals surface area contributed by atoms with Crippen molar-refractivity contribution >= 4 is 39.5 Å². The SMILES string of the molecule is Cc1cc(Nc2ncnc3cnc(N4CC(O)C(C)(C)C4)nc23)ccc1Oc1ccc2c(c1)ncn2C. The summed E-state index contributed by atoms with van der Waals surface area (Å²) in [5.41, 5.74) is 4.79. The van der Waals surface area contributed by atoms with Crippen molar-refractivity contribution in [2.24, 2.45) is 12.5 Å². The van der Waals surface area contributed by atoms with Crippen LogP contribution in [0.2, 0.25) is 0 Å². The summed E-state index contributed by atoms with van der Waals surface area (Å²) in [6, 6.07) is 11.8. The molecule has 1 saturated heterocycles. The smallest absolute Gasteiger partial charge is 0.226 e. The van der Waals surface area contributed by atoms with Gasteiger partial charge in [0.1, 0.15) is 28.9 Å². The second kappa shape index (κ2) is 8.67. The first-order valence-electron chi connectivity index (χ1n) is 12.1. The highest BCUT2D eigenvalue weighted by Gasteiger charge is 2.39. The van der Waals surface area contributed by atoms with E-state index in [2.05, 4.69) is 25.3 Å². The summed E-state index contributed by atoms with van der Waals surface area (Å²) < 4.78 is 8.13. The molecule has 10 heteroatoms. The summed E-state index contributed by atoms with van der Waals surface area (Å²) in [4.78, 5) is 24.4. The molecule has 6 rings (SSSR count). The Morgan fingerprint density at radius 2 is 1.92 bits per heavy atom. The molecule has 3 aromatic heterocycles. The number of nitrogens with one attached hydrogen (secondary N) is 1. The molecule has 5 aromatic rings. The Hall–Kier alpha value is -4.31. The largest absolute Gasteiger partial charge is 0.457 e. The first-order chi connectivity index (χ1) is 17.8. The van der Waals surface area contributed by atoms with Crippen LogP contribution in [0.1, 0.15) is 19.4 Å². The summed E-state index contributed by atoms with van der Waals surface area (Å²) in [5.74, 6) is 2.63. The van der Waals surface area contributed by atoms with Gasteiger partial charge in [-0.2, -0.15) is 0 Å². The van der Waals surface area contributed by atoms with Crippen molar-refractivity contribution < 1.29 is 9.84 Å². The van der Waals surface area contributed by atoms with Crippen LogP contribution in [0.15, 0.2) is 55.2 Å². The third kappa shape index (κ3) is 4.29. The monoisotopic (exact) mass is 496 g/mol. The van der Waals surface area contributed by atoms with Crippen LogP contribution in [0.4, 0.5) is 17.5 Å². The number of hydrogen-bond donors (Lipinski definition) is 2. The molecule has 10 nitrogen and oxygen atoms in total. The lowest BCUT2D eigenvalue weighted by Crippen LogP contribution is -2.26. The normalized spacial score (nSPS) is 17.0. The molecule has 0 radical (unpaired) electrons. The zero-order valence-corrected chi connectivity index (χ0v) is 21.2. The zero-order chi connectivity index (χ0) is 25.7. The molecular formula is C27H28N8O2. The maximum atomic E-state index is 10.4. The van der Waals surface area contributed by atoms with Crippen LogP contribution in [-0.2, 0) is 7.05 Å². The van der Waals surface area contributed by atoms with Crippen LogP contribution in [0.3, 0.4) is 0 Å². The summed E-state index contributed by atoms with van der Waals surface area (Å²) in [7, 11) is 1.97. The fourth-order valence-electron chi connectivity index (χ4n) is 4.64. The maximum absolute atomic E-state index is 10.4. The molecular weight excluding hydrogens is 468 g/mol. The second-order valence-electron chi connectivity index (χ2n) is 10.2. The highest BCUT2D eigenvalue weighted by Crippen LogP contribution is 2.33. The molecule has 37 heavy (non-hydrogen) atoms. The third-order valence-corrected chi connectivity index (χ3v) is 6.90. The second-order valence-corrected chi connectivity index (χ2v) is 10.2. The van der Waals surface area contributed by atoms with Crippen LogP contribution in [0.25, 0.3) is 22.1 Å². The number of fused-ring (bicyclic) bond motifs is 2.